The zero-order valence-electron chi connectivity index (χ0n) is 22.3. The van der Waals surface area contributed by atoms with Gasteiger partial charge in [0.1, 0.15) is 5.75 Å². The smallest absolute Gasteiger partial charge is 0.253 e. The van der Waals surface area contributed by atoms with Crippen LogP contribution >= 0.6 is 0 Å². The lowest BCUT2D eigenvalue weighted by Crippen LogP contribution is -2.48. The van der Waals surface area contributed by atoms with Crippen molar-refractivity contribution in [3.8, 4) is 5.75 Å². The molecular formula is C30H40N4O4. The van der Waals surface area contributed by atoms with Gasteiger partial charge in [-0.3, -0.25) is 9.59 Å². The number of piperidine rings is 1. The summed E-state index contributed by atoms with van der Waals surface area (Å²) < 4.78 is 5.96. The van der Waals surface area contributed by atoms with E-state index in [0.717, 1.165) is 44.1 Å². The third-order valence-electron chi connectivity index (χ3n) is 7.93. The summed E-state index contributed by atoms with van der Waals surface area (Å²) in [5, 5.41) is 9.68. The maximum atomic E-state index is 13.1. The molecule has 2 aromatic rings. The molecule has 3 aliphatic heterocycles. The quantitative estimate of drug-likeness (QED) is 0.539. The number of hydrogen-bond acceptors (Lipinski definition) is 6. The van der Waals surface area contributed by atoms with Crippen molar-refractivity contribution in [3.05, 3.63) is 59.7 Å². The SMILES string of the molecule is O=C(c1ccc(C(=O)N2CC[C@@H](O)C2)cc1)N1CCN(c2ccc(OCCCN3CCCCC3)cc2)CC1. The van der Waals surface area contributed by atoms with Gasteiger partial charge in [0.25, 0.3) is 11.8 Å². The Labute approximate surface area is 225 Å². The third kappa shape index (κ3) is 6.66. The van der Waals surface area contributed by atoms with Crippen LogP contribution in [0, 0.1) is 0 Å². The molecule has 0 aromatic heterocycles. The van der Waals surface area contributed by atoms with Gasteiger partial charge in [-0.1, -0.05) is 6.42 Å². The molecule has 38 heavy (non-hydrogen) atoms. The van der Waals surface area contributed by atoms with Crippen molar-refractivity contribution >= 4 is 17.5 Å². The lowest BCUT2D eigenvalue weighted by Gasteiger charge is -2.36. The van der Waals surface area contributed by atoms with Gasteiger partial charge in [0.05, 0.1) is 12.7 Å². The van der Waals surface area contributed by atoms with Crippen LogP contribution in [0.25, 0.3) is 0 Å². The van der Waals surface area contributed by atoms with Crippen LogP contribution in [0.4, 0.5) is 5.69 Å². The minimum Gasteiger partial charge on any atom is -0.494 e. The Kier molecular flexibility index (Phi) is 8.81. The maximum absolute atomic E-state index is 13.1. The number of benzene rings is 2. The molecular weight excluding hydrogens is 480 g/mol. The molecule has 0 spiro atoms. The summed E-state index contributed by atoms with van der Waals surface area (Å²) in [4.78, 5) is 34.0. The highest BCUT2D eigenvalue weighted by atomic mass is 16.5. The van der Waals surface area contributed by atoms with E-state index in [1.54, 1.807) is 29.2 Å². The topological polar surface area (TPSA) is 76.6 Å². The largest absolute Gasteiger partial charge is 0.494 e. The summed E-state index contributed by atoms with van der Waals surface area (Å²) >= 11 is 0. The number of amides is 2. The Balaban J connectivity index is 1.05. The van der Waals surface area contributed by atoms with E-state index in [9.17, 15) is 14.7 Å². The molecule has 0 saturated carbocycles. The van der Waals surface area contributed by atoms with E-state index in [-0.39, 0.29) is 11.8 Å². The van der Waals surface area contributed by atoms with Crippen molar-refractivity contribution in [1.82, 2.24) is 14.7 Å². The van der Waals surface area contributed by atoms with Crippen LogP contribution in [0.3, 0.4) is 0 Å². The number of piperazine rings is 1. The second-order valence-electron chi connectivity index (χ2n) is 10.6. The summed E-state index contributed by atoms with van der Waals surface area (Å²) in [6.07, 6.45) is 5.25. The highest BCUT2D eigenvalue weighted by Crippen LogP contribution is 2.22. The van der Waals surface area contributed by atoms with Crippen molar-refractivity contribution in [2.45, 2.75) is 38.2 Å². The first-order valence-corrected chi connectivity index (χ1v) is 14.1. The molecule has 0 bridgehead atoms. The van der Waals surface area contributed by atoms with Gasteiger partial charge < -0.3 is 29.4 Å². The van der Waals surface area contributed by atoms with E-state index in [0.29, 0.717) is 43.7 Å². The molecule has 0 radical (unpaired) electrons. The average molecular weight is 521 g/mol. The molecule has 5 rings (SSSR count). The molecule has 1 atom stereocenters. The number of carbonyl (C=O) groups is 2. The average Bonchev–Trinajstić information content (AvgIpc) is 3.42. The van der Waals surface area contributed by atoms with Crippen molar-refractivity contribution < 1.29 is 19.4 Å². The lowest BCUT2D eigenvalue weighted by molar-refractivity contribution is 0.0741. The minimum absolute atomic E-state index is 0.00598. The van der Waals surface area contributed by atoms with E-state index in [1.807, 2.05) is 17.0 Å². The van der Waals surface area contributed by atoms with Gasteiger partial charge in [-0.25, -0.2) is 0 Å². The Morgan fingerprint density at radius 1 is 0.763 bits per heavy atom. The van der Waals surface area contributed by atoms with Gasteiger partial charge >= 0.3 is 0 Å². The molecule has 2 aromatic carbocycles. The first-order chi connectivity index (χ1) is 18.6. The van der Waals surface area contributed by atoms with Crippen LogP contribution in [0.2, 0.25) is 0 Å². The molecule has 3 aliphatic rings. The van der Waals surface area contributed by atoms with E-state index in [2.05, 4.69) is 21.9 Å². The first kappa shape index (κ1) is 26.5. The van der Waals surface area contributed by atoms with Crippen molar-refractivity contribution in [3.63, 3.8) is 0 Å². The number of anilines is 1. The van der Waals surface area contributed by atoms with E-state index >= 15 is 0 Å². The fraction of sp³-hybridized carbons (Fsp3) is 0.533. The van der Waals surface area contributed by atoms with Gasteiger partial charge in [-0.2, -0.15) is 0 Å². The van der Waals surface area contributed by atoms with Crippen LogP contribution in [-0.2, 0) is 0 Å². The van der Waals surface area contributed by atoms with Gasteiger partial charge in [0.15, 0.2) is 0 Å². The summed E-state index contributed by atoms with van der Waals surface area (Å²) in [6, 6.07) is 15.2. The van der Waals surface area contributed by atoms with Gasteiger partial charge in [0, 0.05) is 62.6 Å². The molecule has 2 amide bonds. The van der Waals surface area contributed by atoms with Crippen LogP contribution < -0.4 is 9.64 Å². The number of likely N-dealkylation sites (tertiary alicyclic amines) is 2. The summed E-state index contributed by atoms with van der Waals surface area (Å²) in [6.45, 7) is 8.11. The highest BCUT2D eigenvalue weighted by Gasteiger charge is 2.26. The summed E-state index contributed by atoms with van der Waals surface area (Å²) in [7, 11) is 0. The fourth-order valence-electron chi connectivity index (χ4n) is 5.63. The zero-order valence-corrected chi connectivity index (χ0v) is 22.3. The number of aliphatic hydroxyl groups excluding tert-OH is 1. The molecule has 3 saturated heterocycles. The number of nitrogens with zero attached hydrogens (tertiary/aromatic N) is 4. The third-order valence-corrected chi connectivity index (χ3v) is 7.93. The lowest BCUT2D eigenvalue weighted by atomic mass is 10.1. The van der Waals surface area contributed by atoms with E-state index in [1.165, 1.54) is 32.4 Å². The molecule has 3 fully saturated rings. The van der Waals surface area contributed by atoms with Gasteiger partial charge in [0.2, 0.25) is 0 Å². The predicted molar refractivity (Wildman–Crippen MR) is 148 cm³/mol. The number of ether oxygens (including phenoxy) is 1. The van der Waals surface area contributed by atoms with Crippen molar-refractivity contribution in [2.24, 2.45) is 0 Å². The fourth-order valence-corrected chi connectivity index (χ4v) is 5.63. The number of rotatable bonds is 8. The summed E-state index contributed by atoms with van der Waals surface area (Å²) in [5.74, 6) is 0.806. The Hall–Kier alpha value is -3.10. The van der Waals surface area contributed by atoms with Crippen LogP contribution in [0.15, 0.2) is 48.5 Å². The van der Waals surface area contributed by atoms with Crippen LogP contribution in [0.1, 0.15) is 52.8 Å². The molecule has 8 heteroatoms. The Morgan fingerprint density at radius 2 is 1.39 bits per heavy atom. The molecule has 3 heterocycles. The zero-order chi connectivity index (χ0) is 26.3. The predicted octanol–water partition coefficient (Wildman–Crippen LogP) is 3.11. The van der Waals surface area contributed by atoms with Gasteiger partial charge in [-0.15, -0.1) is 0 Å². The number of aliphatic hydroxyl groups is 1. The first-order valence-electron chi connectivity index (χ1n) is 14.1. The number of carbonyl (C=O) groups excluding carboxylic acids is 2. The van der Waals surface area contributed by atoms with Crippen LogP contribution in [-0.4, -0.2) is 103 Å². The number of β-amino-alcohol motifs (C(OH)–C–C–N with tert-alkyl or cyclic N) is 1. The minimum atomic E-state index is -0.441. The monoisotopic (exact) mass is 520 g/mol. The van der Waals surface area contributed by atoms with E-state index in [4.69, 9.17) is 4.74 Å². The molecule has 1 N–H and O–H groups in total. The Bertz CT molecular complexity index is 1060. The standard InChI is InChI=1S/C30H40N4O4/c35-27-13-17-34(23-27)30(37)25-7-5-24(6-8-25)29(36)33-20-18-32(19-21-33)26-9-11-28(12-10-26)38-22-4-16-31-14-2-1-3-15-31/h5-12,27,35H,1-4,13-23H2/t27-/m1/s1. The second-order valence-corrected chi connectivity index (χ2v) is 10.6. The molecule has 8 nitrogen and oxygen atoms in total. The van der Waals surface area contributed by atoms with Crippen molar-refractivity contribution in [1.29, 1.82) is 0 Å². The Morgan fingerprint density at radius 3 is 2.00 bits per heavy atom. The van der Waals surface area contributed by atoms with Crippen LogP contribution in [0.5, 0.6) is 5.75 Å². The number of hydrogen-bond donors (Lipinski definition) is 1. The van der Waals surface area contributed by atoms with E-state index < -0.39 is 6.10 Å². The molecule has 0 aliphatic carbocycles. The van der Waals surface area contributed by atoms with Crippen molar-refractivity contribution in [2.75, 3.05) is 70.4 Å². The summed E-state index contributed by atoms with van der Waals surface area (Å²) in [5.41, 5.74) is 2.29. The second kappa shape index (κ2) is 12.6. The van der Waals surface area contributed by atoms with Gasteiger partial charge in [-0.05, 0) is 87.3 Å². The molecule has 204 valence electrons. The molecule has 0 unspecified atom stereocenters. The highest BCUT2D eigenvalue weighted by molar-refractivity contribution is 5.98. The maximum Gasteiger partial charge on any atom is 0.253 e. The normalized spacial score (nSPS) is 20.6.